The molecule has 20 heavy (non-hydrogen) atoms. The zero-order chi connectivity index (χ0) is 14.8. The van der Waals surface area contributed by atoms with Crippen LogP contribution in [0.2, 0.25) is 0 Å². The van der Waals surface area contributed by atoms with Crippen molar-refractivity contribution in [1.82, 2.24) is 4.90 Å². The summed E-state index contributed by atoms with van der Waals surface area (Å²) in [6.07, 6.45) is 1.19. The number of carbonyl (C=O) groups excluding carboxylic acids is 2. The molecule has 6 heteroatoms. The molecule has 0 heterocycles. The Labute approximate surface area is 128 Å². The number of rotatable bonds is 9. The number of likely N-dealkylation sites (N-methyl/N-ethyl adjacent to an activating group) is 1. The number of halogens is 1. The van der Waals surface area contributed by atoms with E-state index >= 15 is 0 Å². The molecular weight excluding hydrogens is 280 g/mol. The Kier molecular flexibility index (Phi) is 12.9. The molecule has 5 nitrogen and oxygen atoms in total. The van der Waals surface area contributed by atoms with Crippen LogP contribution < -0.4 is 5.73 Å². The SMILES string of the molecule is CCN(CC)C(=O)COC(=O)C[C@@H](CN)CC(C)C.Cl. The second kappa shape index (κ2) is 12.0. The number of carbonyl (C=O) groups is 2. The minimum absolute atomic E-state index is 0. The fourth-order valence-corrected chi connectivity index (χ4v) is 2.03. The van der Waals surface area contributed by atoms with Crippen molar-refractivity contribution in [3.63, 3.8) is 0 Å². The first-order valence-electron chi connectivity index (χ1n) is 7.07. The lowest BCUT2D eigenvalue weighted by Gasteiger charge is -2.19. The number of amides is 1. The van der Waals surface area contributed by atoms with E-state index in [2.05, 4.69) is 13.8 Å². The first-order valence-corrected chi connectivity index (χ1v) is 7.07. The highest BCUT2D eigenvalue weighted by Gasteiger charge is 2.17. The maximum Gasteiger partial charge on any atom is 0.306 e. The Morgan fingerprint density at radius 3 is 2.15 bits per heavy atom. The van der Waals surface area contributed by atoms with Crippen molar-refractivity contribution in [3.05, 3.63) is 0 Å². The van der Waals surface area contributed by atoms with Crippen LogP contribution in [-0.4, -0.2) is 43.0 Å². The summed E-state index contributed by atoms with van der Waals surface area (Å²) in [6.45, 7) is 9.55. The third kappa shape index (κ3) is 9.15. The Hall–Kier alpha value is -0.810. The smallest absolute Gasteiger partial charge is 0.306 e. The lowest BCUT2D eigenvalue weighted by atomic mass is 9.94. The summed E-state index contributed by atoms with van der Waals surface area (Å²) < 4.78 is 5.02. The van der Waals surface area contributed by atoms with Crippen molar-refractivity contribution in [3.8, 4) is 0 Å². The van der Waals surface area contributed by atoms with Crippen LogP contribution in [0.15, 0.2) is 0 Å². The van der Waals surface area contributed by atoms with E-state index in [9.17, 15) is 9.59 Å². The Bertz CT molecular complexity index is 282. The van der Waals surface area contributed by atoms with E-state index in [1.165, 1.54) is 0 Å². The molecule has 0 spiro atoms. The monoisotopic (exact) mass is 308 g/mol. The van der Waals surface area contributed by atoms with Gasteiger partial charge in [-0.25, -0.2) is 0 Å². The quantitative estimate of drug-likeness (QED) is 0.660. The van der Waals surface area contributed by atoms with E-state index in [0.29, 0.717) is 32.0 Å². The van der Waals surface area contributed by atoms with Gasteiger partial charge in [0.05, 0.1) is 0 Å². The van der Waals surface area contributed by atoms with Crippen molar-refractivity contribution in [1.29, 1.82) is 0 Å². The predicted molar refractivity (Wildman–Crippen MR) is 82.8 cm³/mol. The van der Waals surface area contributed by atoms with Crippen molar-refractivity contribution in [2.24, 2.45) is 17.6 Å². The maximum absolute atomic E-state index is 11.7. The molecule has 0 aliphatic carbocycles. The van der Waals surface area contributed by atoms with Crippen molar-refractivity contribution in [2.75, 3.05) is 26.2 Å². The number of nitrogens with zero attached hydrogens (tertiary/aromatic N) is 1. The van der Waals surface area contributed by atoms with Gasteiger partial charge in [0, 0.05) is 19.5 Å². The van der Waals surface area contributed by atoms with Crippen molar-refractivity contribution >= 4 is 24.3 Å². The van der Waals surface area contributed by atoms with Crippen LogP contribution in [0.4, 0.5) is 0 Å². The first-order chi connectivity index (χ1) is 8.94. The third-order valence-corrected chi connectivity index (χ3v) is 3.07. The van der Waals surface area contributed by atoms with Gasteiger partial charge in [-0.2, -0.15) is 0 Å². The molecule has 0 saturated heterocycles. The standard InChI is InChI=1S/C14H28N2O3.ClH/c1-5-16(6-2)13(17)10-19-14(18)8-12(9-15)7-11(3)4;/h11-12H,5-10,15H2,1-4H3;1H/t12-;/m0./s1. The van der Waals surface area contributed by atoms with Crippen LogP contribution in [0.3, 0.4) is 0 Å². The average molecular weight is 309 g/mol. The topological polar surface area (TPSA) is 72.6 Å². The normalized spacial score (nSPS) is 11.7. The Morgan fingerprint density at radius 2 is 1.75 bits per heavy atom. The third-order valence-electron chi connectivity index (χ3n) is 3.07. The summed E-state index contributed by atoms with van der Waals surface area (Å²) >= 11 is 0. The fraction of sp³-hybridized carbons (Fsp3) is 0.857. The number of hydrogen-bond acceptors (Lipinski definition) is 4. The van der Waals surface area contributed by atoms with Gasteiger partial charge in [-0.3, -0.25) is 9.59 Å². The minimum atomic E-state index is -0.336. The summed E-state index contributed by atoms with van der Waals surface area (Å²) in [5.41, 5.74) is 5.63. The predicted octanol–water partition coefficient (Wildman–Crippen LogP) is 1.83. The molecule has 0 fully saturated rings. The van der Waals surface area contributed by atoms with E-state index in [1.807, 2.05) is 13.8 Å². The molecule has 0 aromatic carbocycles. The van der Waals surface area contributed by atoms with Crippen LogP contribution in [0.5, 0.6) is 0 Å². The lowest BCUT2D eigenvalue weighted by Crippen LogP contribution is -2.34. The van der Waals surface area contributed by atoms with Gasteiger partial charge in [-0.1, -0.05) is 13.8 Å². The lowest BCUT2D eigenvalue weighted by molar-refractivity contribution is -0.152. The van der Waals surface area contributed by atoms with Crippen LogP contribution in [0.1, 0.15) is 40.5 Å². The van der Waals surface area contributed by atoms with E-state index in [1.54, 1.807) is 4.90 Å². The first kappa shape index (κ1) is 21.5. The molecule has 0 aliphatic heterocycles. The molecule has 1 atom stereocenters. The van der Waals surface area contributed by atoms with E-state index in [0.717, 1.165) is 6.42 Å². The minimum Gasteiger partial charge on any atom is -0.456 e. The second-order valence-corrected chi connectivity index (χ2v) is 5.16. The zero-order valence-corrected chi connectivity index (χ0v) is 13.9. The van der Waals surface area contributed by atoms with Gasteiger partial charge < -0.3 is 15.4 Å². The summed E-state index contributed by atoms with van der Waals surface area (Å²) in [5, 5.41) is 0. The number of esters is 1. The number of hydrogen-bond donors (Lipinski definition) is 1. The van der Waals surface area contributed by atoms with Gasteiger partial charge in [-0.05, 0) is 38.6 Å². The summed E-state index contributed by atoms with van der Waals surface area (Å²) in [6, 6.07) is 0. The van der Waals surface area contributed by atoms with Gasteiger partial charge >= 0.3 is 5.97 Å². The summed E-state index contributed by atoms with van der Waals surface area (Å²) in [7, 11) is 0. The average Bonchev–Trinajstić information content (AvgIpc) is 2.36. The molecule has 0 unspecified atom stereocenters. The van der Waals surface area contributed by atoms with Crippen LogP contribution in [0, 0.1) is 11.8 Å². The highest BCUT2D eigenvalue weighted by atomic mass is 35.5. The molecule has 0 rings (SSSR count). The van der Waals surface area contributed by atoms with Crippen LogP contribution >= 0.6 is 12.4 Å². The highest BCUT2D eigenvalue weighted by molar-refractivity contribution is 5.85. The van der Waals surface area contributed by atoms with Gasteiger partial charge in [0.25, 0.3) is 5.91 Å². The molecule has 0 aromatic heterocycles. The Morgan fingerprint density at radius 1 is 1.20 bits per heavy atom. The molecule has 0 bridgehead atoms. The molecule has 0 saturated carbocycles. The maximum atomic E-state index is 11.7. The second-order valence-electron chi connectivity index (χ2n) is 5.16. The van der Waals surface area contributed by atoms with Gasteiger partial charge in [-0.15, -0.1) is 12.4 Å². The van der Waals surface area contributed by atoms with Crippen molar-refractivity contribution < 1.29 is 14.3 Å². The van der Waals surface area contributed by atoms with Crippen molar-refractivity contribution in [2.45, 2.75) is 40.5 Å². The zero-order valence-electron chi connectivity index (χ0n) is 13.1. The van der Waals surface area contributed by atoms with E-state index in [4.69, 9.17) is 10.5 Å². The summed E-state index contributed by atoms with van der Waals surface area (Å²) in [5.74, 6) is 0.151. The fourth-order valence-electron chi connectivity index (χ4n) is 2.03. The Balaban J connectivity index is 0. The molecule has 120 valence electrons. The van der Waals surface area contributed by atoms with Gasteiger partial charge in [0.2, 0.25) is 0 Å². The van der Waals surface area contributed by atoms with E-state index < -0.39 is 0 Å². The number of ether oxygens (including phenoxy) is 1. The summed E-state index contributed by atoms with van der Waals surface area (Å²) in [4.78, 5) is 25.0. The number of nitrogens with two attached hydrogens (primary N) is 1. The van der Waals surface area contributed by atoms with Crippen LogP contribution in [0.25, 0.3) is 0 Å². The largest absolute Gasteiger partial charge is 0.456 e. The van der Waals surface area contributed by atoms with E-state index in [-0.39, 0.29) is 36.8 Å². The van der Waals surface area contributed by atoms with Crippen LogP contribution in [-0.2, 0) is 14.3 Å². The molecule has 0 aromatic rings. The molecule has 2 N–H and O–H groups in total. The van der Waals surface area contributed by atoms with Gasteiger partial charge in [0.15, 0.2) is 6.61 Å². The highest BCUT2D eigenvalue weighted by Crippen LogP contribution is 2.14. The molecule has 1 amide bonds. The van der Waals surface area contributed by atoms with Gasteiger partial charge in [0.1, 0.15) is 0 Å². The molecule has 0 aliphatic rings. The molecular formula is C14H29ClN2O3. The molecule has 0 radical (unpaired) electrons.